The van der Waals surface area contributed by atoms with Crippen molar-refractivity contribution in [1.29, 1.82) is 5.26 Å². The molecule has 0 radical (unpaired) electrons. The summed E-state index contributed by atoms with van der Waals surface area (Å²) in [6.45, 7) is 0.382. The minimum Gasteiger partial charge on any atom is -0.385 e. The van der Waals surface area contributed by atoms with E-state index < -0.39 is 6.10 Å². The van der Waals surface area contributed by atoms with Crippen molar-refractivity contribution in [3.8, 4) is 6.07 Å². The number of nitrogens with zero attached hydrogens (tertiary/aromatic N) is 2. The predicted octanol–water partition coefficient (Wildman–Crippen LogP) is 2.29. The van der Waals surface area contributed by atoms with E-state index >= 15 is 0 Å². The highest BCUT2D eigenvalue weighted by Crippen LogP contribution is 2.14. The van der Waals surface area contributed by atoms with Gasteiger partial charge in [0.15, 0.2) is 0 Å². The van der Waals surface area contributed by atoms with Gasteiger partial charge in [-0.2, -0.15) is 5.26 Å². The molecule has 0 saturated heterocycles. The Morgan fingerprint density at radius 2 is 2.16 bits per heavy atom. The summed E-state index contributed by atoms with van der Waals surface area (Å²) >= 11 is 0. The number of hydrogen-bond donors (Lipinski definition) is 2. The molecule has 0 bridgehead atoms. The Balaban J connectivity index is 1.95. The number of nitriles is 1. The molecule has 0 spiro atoms. The van der Waals surface area contributed by atoms with Crippen molar-refractivity contribution in [3.05, 3.63) is 59.9 Å². The SMILES string of the molecule is N#CCc1cccc(NCC(O)c2ccccn2)c1. The van der Waals surface area contributed by atoms with Gasteiger partial charge < -0.3 is 10.4 Å². The van der Waals surface area contributed by atoms with Crippen LogP contribution in [0.25, 0.3) is 0 Å². The number of aromatic nitrogens is 1. The molecule has 19 heavy (non-hydrogen) atoms. The van der Waals surface area contributed by atoms with Gasteiger partial charge in [-0.05, 0) is 29.8 Å². The maximum atomic E-state index is 9.98. The topological polar surface area (TPSA) is 68.9 Å². The van der Waals surface area contributed by atoms with Gasteiger partial charge in [0.05, 0.1) is 18.2 Å². The summed E-state index contributed by atoms with van der Waals surface area (Å²) in [4.78, 5) is 4.10. The first-order chi connectivity index (χ1) is 9.29. The van der Waals surface area contributed by atoms with E-state index in [0.717, 1.165) is 11.3 Å². The molecule has 1 unspecified atom stereocenters. The number of aliphatic hydroxyl groups is 1. The van der Waals surface area contributed by atoms with Crippen LogP contribution in [-0.2, 0) is 6.42 Å². The molecule has 0 aliphatic carbocycles. The van der Waals surface area contributed by atoms with Crippen molar-refractivity contribution >= 4 is 5.69 Å². The monoisotopic (exact) mass is 253 g/mol. The standard InChI is InChI=1S/C15H15N3O/c16-8-7-12-4-3-5-13(10-12)18-11-15(19)14-6-1-2-9-17-14/h1-6,9-10,15,18-19H,7,11H2. The molecule has 0 fully saturated rings. The third kappa shape index (κ3) is 3.80. The van der Waals surface area contributed by atoms with E-state index in [1.165, 1.54) is 0 Å². The van der Waals surface area contributed by atoms with Crippen molar-refractivity contribution in [2.24, 2.45) is 0 Å². The van der Waals surface area contributed by atoms with E-state index in [4.69, 9.17) is 5.26 Å². The van der Waals surface area contributed by atoms with Gasteiger partial charge in [0.1, 0.15) is 6.10 Å². The number of nitrogens with one attached hydrogen (secondary N) is 1. The molecule has 2 rings (SSSR count). The number of rotatable bonds is 5. The summed E-state index contributed by atoms with van der Waals surface area (Å²) in [5.41, 5.74) is 2.49. The van der Waals surface area contributed by atoms with E-state index in [0.29, 0.717) is 18.7 Å². The smallest absolute Gasteiger partial charge is 0.113 e. The summed E-state index contributed by atoms with van der Waals surface area (Å²) in [6, 6.07) is 15.2. The maximum absolute atomic E-state index is 9.98. The molecular weight excluding hydrogens is 238 g/mol. The lowest BCUT2D eigenvalue weighted by Crippen LogP contribution is -2.13. The molecule has 0 aliphatic rings. The average Bonchev–Trinajstić information content (AvgIpc) is 2.46. The number of hydrogen-bond acceptors (Lipinski definition) is 4. The molecule has 0 saturated carbocycles. The molecule has 1 atom stereocenters. The Labute approximate surface area is 112 Å². The van der Waals surface area contributed by atoms with Crippen LogP contribution in [0.5, 0.6) is 0 Å². The van der Waals surface area contributed by atoms with Crippen LogP contribution in [0.1, 0.15) is 17.4 Å². The van der Waals surface area contributed by atoms with Crippen molar-refractivity contribution in [1.82, 2.24) is 4.98 Å². The van der Waals surface area contributed by atoms with Crippen molar-refractivity contribution < 1.29 is 5.11 Å². The van der Waals surface area contributed by atoms with Crippen LogP contribution in [-0.4, -0.2) is 16.6 Å². The maximum Gasteiger partial charge on any atom is 0.113 e. The van der Waals surface area contributed by atoms with E-state index in [-0.39, 0.29) is 0 Å². The molecule has 0 amide bonds. The zero-order valence-electron chi connectivity index (χ0n) is 10.5. The molecule has 1 aromatic heterocycles. The van der Waals surface area contributed by atoms with E-state index in [1.54, 1.807) is 12.3 Å². The molecular formula is C15H15N3O. The molecule has 4 heteroatoms. The first-order valence-electron chi connectivity index (χ1n) is 6.08. The van der Waals surface area contributed by atoms with Gasteiger partial charge in [-0.25, -0.2) is 0 Å². The molecule has 96 valence electrons. The van der Waals surface area contributed by atoms with Crippen LogP contribution >= 0.6 is 0 Å². The predicted molar refractivity (Wildman–Crippen MR) is 73.4 cm³/mol. The van der Waals surface area contributed by atoms with Crippen LogP contribution in [0, 0.1) is 11.3 Å². The Morgan fingerprint density at radius 3 is 2.89 bits per heavy atom. The summed E-state index contributed by atoms with van der Waals surface area (Å²) in [5.74, 6) is 0. The second-order valence-corrected chi connectivity index (χ2v) is 4.19. The Bertz CT molecular complexity index is 563. The molecule has 0 aliphatic heterocycles. The average molecular weight is 253 g/mol. The van der Waals surface area contributed by atoms with Crippen molar-refractivity contribution in [2.75, 3.05) is 11.9 Å². The van der Waals surface area contributed by atoms with Crippen molar-refractivity contribution in [2.45, 2.75) is 12.5 Å². The molecule has 2 N–H and O–H groups in total. The van der Waals surface area contributed by atoms with Gasteiger partial charge in [0.25, 0.3) is 0 Å². The minimum atomic E-state index is -0.652. The zero-order valence-corrected chi connectivity index (χ0v) is 10.5. The number of benzene rings is 1. The fourth-order valence-electron chi connectivity index (χ4n) is 1.77. The second kappa shape index (κ2) is 6.53. The third-order valence-electron chi connectivity index (χ3n) is 2.74. The highest BCUT2D eigenvalue weighted by Gasteiger charge is 2.07. The Hall–Kier alpha value is -2.38. The lowest BCUT2D eigenvalue weighted by Gasteiger charge is -2.12. The molecule has 1 heterocycles. The number of aliphatic hydroxyl groups excluding tert-OH is 1. The van der Waals surface area contributed by atoms with Crippen LogP contribution in [0.15, 0.2) is 48.7 Å². The highest BCUT2D eigenvalue weighted by molar-refractivity contribution is 5.46. The summed E-state index contributed by atoms with van der Waals surface area (Å²) < 4.78 is 0. The minimum absolute atomic E-state index is 0.382. The number of pyridine rings is 1. The van der Waals surface area contributed by atoms with Gasteiger partial charge in [-0.1, -0.05) is 18.2 Å². The highest BCUT2D eigenvalue weighted by atomic mass is 16.3. The third-order valence-corrected chi connectivity index (χ3v) is 2.74. The summed E-state index contributed by atoms with van der Waals surface area (Å²) in [5, 5.41) is 21.8. The van der Waals surface area contributed by atoms with Crippen LogP contribution in [0.2, 0.25) is 0 Å². The molecule has 2 aromatic rings. The van der Waals surface area contributed by atoms with E-state index in [9.17, 15) is 5.11 Å². The van der Waals surface area contributed by atoms with Gasteiger partial charge >= 0.3 is 0 Å². The Morgan fingerprint density at radius 1 is 1.26 bits per heavy atom. The van der Waals surface area contributed by atoms with Crippen LogP contribution in [0.3, 0.4) is 0 Å². The molecule has 1 aromatic carbocycles. The van der Waals surface area contributed by atoms with Crippen molar-refractivity contribution in [3.63, 3.8) is 0 Å². The summed E-state index contributed by atoms with van der Waals surface area (Å²) in [7, 11) is 0. The largest absolute Gasteiger partial charge is 0.385 e. The van der Waals surface area contributed by atoms with E-state index in [1.807, 2.05) is 36.4 Å². The van der Waals surface area contributed by atoms with Gasteiger partial charge in [0.2, 0.25) is 0 Å². The first kappa shape index (κ1) is 13.1. The first-order valence-corrected chi connectivity index (χ1v) is 6.08. The van der Waals surface area contributed by atoms with Crippen LogP contribution in [0.4, 0.5) is 5.69 Å². The van der Waals surface area contributed by atoms with Crippen LogP contribution < -0.4 is 5.32 Å². The summed E-state index contributed by atoms with van der Waals surface area (Å²) in [6.07, 6.45) is 1.39. The lowest BCUT2D eigenvalue weighted by molar-refractivity contribution is 0.187. The quantitative estimate of drug-likeness (QED) is 0.857. The normalized spacial score (nSPS) is 11.6. The van der Waals surface area contributed by atoms with Gasteiger partial charge in [0, 0.05) is 18.4 Å². The Kier molecular flexibility index (Phi) is 4.49. The number of anilines is 1. The van der Waals surface area contributed by atoms with Gasteiger partial charge in [-0.15, -0.1) is 0 Å². The fourth-order valence-corrected chi connectivity index (χ4v) is 1.77. The second-order valence-electron chi connectivity index (χ2n) is 4.19. The fraction of sp³-hybridized carbons (Fsp3) is 0.200. The lowest BCUT2D eigenvalue weighted by atomic mass is 10.1. The van der Waals surface area contributed by atoms with Gasteiger partial charge in [-0.3, -0.25) is 4.98 Å². The zero-order chi connectivity index (χ0) is 13.5. The molecule has 4 nitrogen and oxygen atoms in total. The van der Waals surface area contributed by atoms with E-state index in [2.05, 4.69) is 16.4 Å².